The number of nitrogens with zero attached hydrogens (tertiary/aromatic N) is 1. The third kappa shape index (κ3) is 9.36. The Morgan fingerprint density at radius 2 is 1.55 bits per heavy atom. The molecule has 0 aliphatic rings. The number of hydrogen-bond donors (Lipinski definition) is 1. The van der Waals surface area contributed by atoms with Gasteiger partial charge in [0.05, 0.1) is 4.88 Å². The van der Waals surface area contributed by atoms with E-state index in [2.05, 4.69) is 102 Å². The standard InChI is InChI=1S/C34H32NOS.C15H28O2.Ir/c1-20(2)15-22-11-12-30-27(16-22)21(3)33(37-30)29-19-24-13-14-35-31(32(24)36-29)25-17-23-9-7-8-10-26(23)28(18-25)34(4,5)6;1-7-14(5,8-2)12(16)11-13(17)15(6,9-3)10-4;/h7-14,16,18-20H,15H2,1-6H3;11,16H,7-10H2,1-6H3;/q-1;;/b;12-11-;. The van der Waals surface area contributed by atoms with Gasteiger partial charge in [-0.2, -0.15) is 0 Å². The second-order valence-corrected chi connectivity index (χ2v) is 18.0. The number of pyridine rings is 1. The number of benzene rings is 3. The van der Waals surface area contributed by atoms with Crippen LogP contribution in [0.25, 0.3) is 53.7 Å². The van der Waals surface area contributed by atoms with Gasteiger partial charge in [0.1, 0.15) is 17.1 Å². The second kappa shape index (κ2) is 17.7. The van der Waals surface area contributed by atoms with Gasteiger partial charge in [0.15, 0.2) is 5.78 Å². The number of hydrogen-bond acceptors (Lipinski definition) is 5. The Hall–Kier alpha value is -3.57. The van der Waals surface area contributed by atoms with Crippen LogP contribution in [-0.2, 0) is 36.7 Å². The summed E-state index contributed by atoms with van der Waals surface area (Å²) in [5.41, 5.74) is 6.00. The predicted molar refractivity (Wildman–Crippen MR) is 232 cm³/mol. The average molecular weight is 935 g/mol. The van der Waals surface area contributed by atoms with Crippen LogP contribution in [0.5, 0.6) is 0 Å². The Kier molecular flexibility index (Phi) is 14.2. The largest absolute Gasteiger partial charge is 0.512 e. The number of aryl methyl sites for hydroxylation is 1. The summed E-state index contributed by atoms with van der Waals surface area (Å²) in [6.45, 7) is 25.6. The van der Waals surface area contributed by atoms with Crippen LogP contribution in [0.15, 0.2) is 83.1 Å². The van der Waals surface area contributed by atoms with Crippen molar-refractivity contribution in [2.75, 3.05) is 0 Å². The molecule has 0 bridgehead atoms. The molecule has 3 aromatic heterocycles. The molecular weight excluding hydrogens is 875 g/mol. The van der Waals surface area contributed by atoms with E-state index in [0.29, 0.717) is 5.92 Å². The van der Waals surface area contributed by atoms with Crippen LogP contribution in [0.1, 0.15) is 119 Å². The topological polar surface area (TPSA) is 63.3 Å². The van der Waals surface area contributed by atoms with Crippen molar-refractivity contribution in [3.8, 4) is 21.9 Å². The minimum absolute atomic E-state index is 0. The van der Waals surface area contributed by atoms with Crippen molar-refractivity contribution in [2.45, 2.75) is 121 Å². The summed E-state index contributed by atoms with van der Waals surface area (Å²) in [6.07, 6.45) is 7.73. The summed E-state index contributed by atoms with van der Waals surface area (Å²) in [4.78, 5) is 18.2. The zero-order valence-electron chi connectivity index (χ0n) is 35.0. The normalized spacial score (nSPS) is 12.6. The van der Waals surface area contributed by atoms with Crippen LogP contribution < -0.4 is 0 Å². The molecule has 0 spiro atoms. The van der Waals surface area contributed by atoms with Gasteiger partial charge < -0.3 is 9.52 Å². The maximum absolute atomic E-state index is 12.2. The van der Waals surface area contributed by atoms with Crippen molar-refractivity contribution in [2.24, 2.45) is 16.7 Å². The van der Waals surface area contributed by atoms with Gasteiger partial charge in [-0.15, -0.1) is 40.5 Å². The van der Waals surface area contributed by atoms with Crippen molar-refractivity contribution in [3.63, 3.8) is 0 Å². The molecule has 0 unspecified atom stereocenters. The van der Waals surface area contributed by atoms with Crippen molar-refractivity contribution in [3.05, 3.63) is 101 Å². The van der Waals surface area contributed by atoms with E-state index in [1.165, 1.54) is 43.1 Å². The van der Waals surface area contributed by atoms with Crippen molar-refractivity contribution >= 4 is 48.9 Å². The molecule has 295 valence electrons. The molecule has 0 atom stereocenters. The van der Waals surface area contributed by atoms with Crippen molar-refractivity contribution < 1.29 is 34.4 Å². The number of fused-ring (bicyclic) bond motifs is 3. The number of aliphatic hydroxyl groups excluding tert-OH is 1. The number of furan rings is 1. The Labute approximate surface area is 347 Å². The van der Waals surface area contributed by atoms with Gasteiger partial charge in [-0.3, -0.25) is 9.78 Å². The molecule has 1 radical (unpaired) electrons. The first-order valence-electron chi connectivity index (χ1n) is 19.8. The van der Waals surface area contributed by atoms with Crippen LogP contribution >= 0.6 is 11.3 Å². The first kappa shape index (κ1) is 44.1. The maximum atomic E-state index is 12.2. The van der Waals surface area contributed by atoms with Crippen molar-refractivity contribution in [1.29, 1.82) is 0 Å². The van der Waals surface area contributed by atoms with E-state index < -0.39 is 0 Å². The number of allylic oxidation sites excluding steroid dienone is 2. The third-order valence-electron chi connectivity index (χ3n) is 11.7. The molecule has 3 aromatic carbocycles. The minimum Gasteiger partial charge on any atom is -0.512 e. The van der Waals surface area contributed by atoms with Gasteiger partial charge in [0.2, 0.25) is 0 Å². The third-order valence-corrected chi connectivity index (χ3v) is 13.0. The minimum atomic E-state index is -0.337. The van der Waals surface area contributed by atoms with Gasteiger partial charge >= 0.3 is 0 Å². The second-order valence-electron chi connectivity index (χ2n) is 17.0. The zero-order chi connectivity index (χ0) is 39.6. The van der Waals surface area contributed by atoms with Crippen LogP contribution in [-0.4, -0.2) is 15.9 Å². The Morgan fingerprint density at radius 1 is 0.891 bits per heavy atom. The number of ketones is 1. The summed E-state index contributed by atoms with van der Waals surface area (Å²) in [5, 5.41) is 14.9. The van der Waals surface area contributed by atoms with Crippen LogP contribution in [0, 0.1) is 29.7 Å². The molecule has 0 saturated carbocycles. The zero-order valence-corrected chi connectivity index (χ0v) is 38.2. The quantitative estimate of drug-likeness (QED) is 0.0799. The maximum Gasteiger partial charge on any atom is 0.164 e. The van der Waals surface area contributed by atoms with E-state index in [9.17, 15) is 9.90 Å². The molecule has 6 rings (SSSR count). The molecular formula is C49H60IrNO3S-. The monoisotopic (exact) mass is 935 g/mol. The fourth-order valence-electron chi connectivity index (χ4n) is 7.03. The number of carbonyl (C=O) groups is 1. The van der Waals surface area contributed by atoms with Gasteiger partial charge in [0.25, 0.3) is 0 Å². The van der Waals surface area contributed by atoms with Gasteiger partial charge in [-0.05, 0) is 85.1 Å². The van der Waals surface area contributed by atoms with Gasteiger partial charge in [0, 0.05) is 59.0 Å². The Morgan fingerprint density at radius 3 is 2.16 bits per heavy atom. The van der Waals surface area contributed by atoms with E-state index in [1.807, 2.05) is 65.1 Å². The molecule has 6 heteroatoms. The van der Waals surface area contributed by atoms with Gasteiger partial charge in [-0.1, -0.05) is 117 Å². The molecule has 0 saturated heterocycles. The van der Waals surface area contributed by atoms with E-state index >= 15 is 0 Å². The molecule has 0 fully saturated rings. The van der Waals surface area contributed by atoms with Crippen LogP contribution in [0.4, 0.5) is 0 Å². The predicted octanol–water partition coefficient (Wildman–Crippen LogP) is 14.8. The Bertz CT molecular complexity index is 2290. The average Bonchev–Trinajstić information content (AvgIpc) is 3.73. The first-order chi connectivity index (χ1) is 25.5. The van der Waals surface area contributed by atoms with E-state index in [0.717, 1.165) is 65.5 Å². The SMILES string of the molecule is CCC(C)(CC)C(=O)/C=C(\O)C(C)(CC)CC.Cc1c(-c2cc3ccnc(-c4[c-]c5ccccc5c(C(C)(C)C)c4)c3o2)sc2ccc(CC(C)C)cc12.[Ir]. The molecule has 0 amide bonds. The number of aliphatic hydroxyl groups is 1. The summed E-state index contributed by atoms with van der Waals surface area (Å²) in [6, 6.07) is 25.5. The molecule has 4 nitrogen and oxygen atoms in total. The smallest absolute Gasteiger partial charge is 0.164 e. The van der Waals surface area contributed by atoms with Crippen LogP contribution in [0.2, 0.25) is 0 Å². The first-order valence-corrected chi connectivity index (χ1v) is 20.6. The number of carbonyl (C=O) groups excluding carboxylic acids is 1. The molecule has 0 aliphatic heterocycles. The summed E-state index contributed by atoms with van der Waals surface area (Å²) in [7, 11) is 0. The molecule has 55 heavy (non-hydrogen) atoms. The number of thiophene rings is 1. The van der Waals surface area contributed by atoms with E-state index in [4.69, 9.17) is 9.40 Å². The number of aromatic nitrogens is 1. The fourth-order valence-corrected chi connectivity index (χ4v) is 8.17. The molecule has 0 aliphatic carbocycles. The molecule has 3 heterocycles. The summed E-state index contributed by atoms with van der Waals surface area (Å²) >= 11 is 1.81. The van der Waals surface area contributed by atoms with Gasteiger partial charge in [-0.25, -0.2) is 0 Å². The van der Waals surface area contributed by atoms with E-state index in [-0.39, 0.29) is 47.9 Å². The summed E-state index contributed by atoms with van der Waals surface area (Å²) in [5.74, 6) is 1.84. The number of rotatable bonds is 11. The fraction of sp³-hybridized carbons (Fsp3) is 0.429. The molecule has 1 N–H and O–H groups in total. The molecule has 6 aromatic rings. The summed E-state index contributed by atoms with van der Waals surface area (Å²) < 4.78 is 7.91. The Balaban J connectivity index is 0.000000320. The van der Waals surface area contributed by atoms with Crippen LogP contribution in [0.3, 0.4) is 0 Å². The van der Waals surface area contributed by atoms with E-state index in [1.54, 1.807) is 0 Å². The van der Waals surface area contributed by atoms with Crippen molar-refractivity contribution in [1.82, 2.24) is 4.98 Å².